The van der Waals surface area contributed by atoms with Crippen molar-refractivity contribution in [3.63, 3.8) is 0 Å². The molecule has 1 heterocycles. The summed E-state index contributed by atoms with van der Waals surface area (Å²) in [5, 5.41) is 10.3. The molecule has 8 aromatic carbocycles. The van der Waals surface area contributed by atoms with Gasteiger partial charge in [0.1, 0.15) is 11.2 Å². The predicted octanol–water partition coefficient (Wildman–Crippen LogP) is 12.7. The molecule has 46 heavy (non-hydrogen) atoms. The number of benzene rings is 8. The Bertz CT molecular complexity index is 2720. The summed E-state index contributed by atoms with van der Waals surface area (Å²) in [6.45, 7) is 4.77. The van der Waals surface area contributed by atoms with Gasteiger partial charge < -0.3 is 4.42 Å². The highest BCUT2D eigenvalue weighted by Gasteiger charge is 2.36. The van der Waals surface area contributed by atoms with E-state index in [1.807, 2.05) is 12.1 Å². The van der Waals surface area contributed by atoms with Crippen LogP contribution in [0.1, 0.15) is 25.0 Å². The summed E-state index contributed by atoms with van der Waals surface area (Å²) in [6, 6.07) is 53.4. The minimum absolute atomic E-state index is 0.124. The first kappa shape index (κ1) is 25.6. The molecule has 1 nitrogen and oxygen atoms in total. The van der Waals surface area contributed by atoms with Gasteiger partial charge in [-0.05, 0) is 113 Å². The molecular weight excluding hydrogens is 556 g/mol. The minimum Gasteiger partial charge on any atom is -0.456 e. The second-order valence-electron chi connectivity index (χ2n) is 13.3. The third-order valence-electron chi connectivity index (χ3n) is 10.4. The van der Waals surface area contributed by atoms with Gasteiger partial charge in [-0.3, -0.25) is 0 Å². The molecule has 0 fully saturated rings. The van der Waals surface area contributed by atoms with Crippen LogP contribution >= 0.6 is 0 Å². The zero-order valence-corrected chi connectivity index (χ0v) is 25.8. The summed E-state index contributed by atoms with van der Waals surface area (Å²) in [4.78, 5) is 0. The molecule has 0 saturated heterocycles. The zero-order chi connectivity index (χ0) is 30.6. The van der Waals surface area contributed by atoms with Crippen molar-refractivity contribution < 1.29 is 4.42 Å². The summed E-state index contributed by atoms with van der Waals surface area (Å²) in [7, 11) is 0. The van der Waals surface area contributed by atoms with Crippen molar-refractivity contribution in [2.24, 2.45) is 0 Å². The van der Waals surface area contributed by atoms with Crippen LogP contribution in [0.15, 0.2) is 150 Å². The zero-order valence-electron chi connectivity index (χ0n) is 25.8. The molecule has 0 amide bonds. The molecule has 1 aliphatic carbocycles. The monoisotopic (exact) mass is 586 g/mol. The molecule has 9 aromatic rings. The highest BCUT2D eigenvalue weighted by atomic mass is 16.3. The fraction of sp³-hybridized carbons (Fsp3) is 0.0667. The smallest absolute Gasteiger partial charge is 0.136 e. The topological polar surface area (TPSA) is 13.1 Å². The second-order valence-corrected chi connectivity index (χ2v) is 13.3. The van der Waals surface area contributed by atoms with Crippen LogP contribution in [0.2, 0.25) is 0 Å². The van der Waals surface area contributed by atoms with E-state index in [0.29, 0.717) is 0 Å². The van der Waals surface area contributed by atoms with E-state index >= 15 is 0 Å². The molecule has 0 unspecified atom stereocenters. The number of fused-ring (bicyclic) bond motifs is 12. The van der Waals surface area contributed by atoms with Crippen LogP contribution in [0.25, 0.3) is 87.6 Å². The predicted molar refractivity (Wildman–Crippen MR) is 195 cm³/mol. The maximum absolute atomic E-state index is 6.21. The van der Waals surface area contributed by atoms with Crippen LogP contribution in [0.4, 0.5) is 0 Å². The highest BCUT2D eigenvalue weighted by molar-refractivity contribution is 6.26. The van der Waals surface area contributed by atoms with Crippen LogP contribution in [-0.2, 0) is 5.41 Å². The summed E-state index contributed by atoms with van der Waals surface area (Å²) < 4.78 is 6.21. The van der Waals surface area contributed by atoms with Crippen molar-refractivity contribution in [1.29, 1.82) is 0 Å². The number of furan rings is 1. The fourth-order valence-electron chi connectivity index (χ4n) is 8.19. The van der Waals surface area contributed by atoms with E-state index in [1.165, 1.54) is 82.2 Å². The minimum atomic E-state index is -0.124. The van der Waals surface area contributed by atoms with Crippen LogP contribution in [0.3, 0.4) is 0 Å². The van der Waals surface area contributed by atoms with Crippen LogP contribution in [0.5, 0.6) is 0 Å². The van der Waals surface area contributed by atoms with Gasteiger partial charge in [-0.15, -0.1) is 0 Å². The van der Waals surface area contributed by atoms with Gasteiger partial charge >= 0.3 is 0 Å². The second kappa shape index (κ2) is 9.19. The van der Waals surface area contributed by atoms with Crippen molar-refractivity contribution in [2.75, 3.05) is 0 Å². The van der Waals surface area contributed by atoms with Gasteiger partial charge in [-0.1, -0.05) is 123 Å². The lowest BCUT2D eigenvalue weighted by molar-refractivity contribution is 0.661. The third-order valence-corrected chi connectivity index (χ3v) is 10.4. The molecule has 1 aromatic heterocycles. The third kappa shape index (κ3) is 3.46. The van der Waals surface area contributed by atoms with E-state index in [2.05, 4.69) is 147 Å². The molecule has 0 aliphatic heterocycles. The Morgan fingerprint density at radius 2 is 0.935 bits per heavy atom. The first-order chi connectivity index (χ1) is 22.6. The van der Waals surface area contributed by atoms with Crippen LogP contribution in [0, 0.1) is 0 Å². The summed E-state index contributed by atoms with van der Waals surface area (Å²) in [5.41, 5.74) is 12.1. The average molecular weight is 587 g/mol. The molecular formula is C45H30O. The van der Waals surface area contributed by atoms with Crippen molar-refractivity contribution in [3.05, 3.63) is 157 Å². The van der Waals surface area contributed by atoms with Crippen molar-refractivity contribution in [2.45, 2.75) is 19.3 Å². The Labute approximate surface area is 267 Å². The number of hydrogen-bond acceptors (Lipinski definition) is 1. The van der Waals surface area contributed by atoms with Gasteiger partial charge in [0, 0.05) is 16.2 Å². The van der Waals surface area contributed by atoms with Gasteiger partial charge in [-0.2, -0.15) is 0 Å². The largest absolute Gasteiger partial charge is 0.456 e. The van der Waals surface area contributed by atoms with Crippen molar-refractivity contribution in [3.8, 4) is 33.4 Å². The molecule has 1 aliphatic rings. The molecule has 0 N–H and O–H groups in total. The van der Waals surface area contributed by atoms with Crippen molar-refractivity contribution >= 4 is 54.3 Å². The Balaban J connectivity index is 1.14. The molecule has 0 spiro atoms. The molecule has 0 radical (unpaired) electrons. The maximum Gasteiger partial charge on any atom is 0.136 e. The van der Waals surface area contributed by atoms with E-state index in [0.717, 1.165) is 16.6 Å². The van der Waals surface area contributed by atoms with Crippen LogP contribution in [-0.4, -0.2) is 0 Å². The van der Waals surface area contributed by atoms with Crippen molar-refractivity contribution in [1.82, 2.24) is 0 Å². The maximum atomic E-state index is 6.21. The Morgan fingerprint density at radius 1 is 0.370 bits per heavy atom. The Morgan fingerprint density at radius 3 is 1.70 bits per heavy atom. The Hall–Kier alpha value is -5.66. The lowest BCUT2D eigenvalue weighted by Gasteiger charge is -2.23. The number of rotatable bonds is 2. The lowest BCUT2D eigenvalue weighted by Crippen LogP contribution is -2.15. The summed E-state index contributed by atoms with van der Waals surface area (Å²) >= 11 is 0. The van der Waals surface area contributed by atoms with E-state index in [9.17, 15) is 0 Å². The average Bonchev–Trinajstić information content (AvgIpc) is 3.59. The number of hydrogen-bond donors (Lipinski definition) is 0. The molecule has 216 valence electrons. The van der Waals surface area contributed by atoms with E-state index < -0.39 is 0 Å². The van der Waals surface area contributed by atoms with Gasteiger partial charge in [0.2, 0.25) is 0 Å². The van der Waals surface area contributed by atoms with Crippen LogP contribution < -0.4 is 0 Å². The quantitative estimate of drug-likeness (QED) is 0.184. The molecule has 1 heteroatoms. The molecule has 0 atom stereocenters. The van der Waals surface area contributed by atoms with Gasteiger partial charge in [-0.25, -0.2) is 0 Å². The van der Waals surface area contributed by atoms with E-state index in [-0.39, 0.29) is 5.41 Å². The SMILES string of the molecule is CC1(C)c2cc(-c3cccc(-c4cccc5oc6ccccc6c45)c3)ccc2-c2cc3c4ccccc4c4ccccc4c3cc21. The highest BCUT2D eigenvalue weighted by Crippen LogP contribution is 2.52. The lowest BCUT2D eigenvalue weighted by atomic mass is 9.80. The summed E-state index contributed by atoms with van der Waals surface area (Å²) in [5.74, 6) is 0. The fourth-order valence-corrected chi connectivity index (χ4v) is 8.19. The first-order valence-corrected chi connectivity index (χ1v) is 16.1. The van der Waals surface area contributed by atoms with Gasteiger partial charge in [0.15, 0.2) is 0 Å². The van der Waals surface area contributed by atoms with Gasteiger partial charge in [0.05, 0.1) is 0 Å². The normalized spacial score (nSPS) is 13.6. The molecule has 0 saturated carbocycles. The van der Waals surface area contributed by atoms with E-state index in [1.54, 1.807) is 0 Å². The number of para-hydroxylation sites is 1. The van der Waals surface area contributed by atoms with Gasteiger partial charge in [0.25, 0.3) is 0 Å². The molecule has 0 bridgehead atoms. The molecule has 10 rings (SSSR count). The van der Waals surface area contributed by atoms with E-state index in [4.69, 9.17) is 4.42 Å². The Kier molecular flexibility index (Phi) is 5.12. The first-order valence-electron chi connectivity index (χ1n) is 16.1. The summed E-state index contributed by atoms with van der Waals surface area (Å²) in [6.07, 6.45) is 0. The standard InChI is InChI=1S/C45H30O/c1-45(2)40-24-28(27-11-9-12-29(23-27)30-18-10-20-43-44(30)36-17-7-8-19-42(36)46-43)21-22-35(40)39-25-37-33-15-5-3-13-31(33)32-14-4-6-16-34(32)38(37)26-41(39)45/h3-26H,1-2H3.